The van der Waals surface area contributed by atoms with E-state index >= 15 is 0 Å². The number of rotatable bonds is 2. The molecule has 3 aromatic rings. The molecule has 0 bridgehead atoms. The minimum absolute atomic E-state index is 0.405. The van der Waals surface area contributed by atoms with E-state index in [-0.39, 0.29) is 0 Å². The van der Waals surface area contributed by atoms with Crippen LogP contribution in [0.25, 0.3) is 22.2 Å². The number of carboxylic acids is 1. The number of halogens is 2. The van der Waals surface area contributed by atoms with Crippen molar-refractivity contribution < 1.29 is 18.7 Å². The van der Waals surface area contributed by atoms with Gasteiger partial charge in [0.1, 0.15) is 17.3 Å². The number of fused-ring (bicyclic) bond motifs is 1. The van der Waals surface area contributed by atoms with E-state index in [2.05, 4.69) is 5.10 Å². The zero-order chi connectivity index (χ0) is 15.1. The molecular formula is C15H10F2N2O2. The molecule has 0 saturated heterocycles. The number of carboxylic acid groups (broad SMARTS) is 1. The molecule has 6 heteroatoms. The first-order valence-corrected chi connectivity index (χ1v) is 6.13. The second-order valence-electron chi connectivity index (χ2n) is 4.64. The molecule has 1 N–H and O–H groups in total. The quantitative estimate of drug-likeness (QED) is 0.787. The Balaban J connectivity index is 2.31. The maximum absolute atomic E-state index is 13.9. The van der Waals surface area contributed by atoms with Gasteiger partial charge in [-0.2, -0.15) is 5.10 Å². The molecule has 1 heterocycles. The van der Waals surface area contributed by atoms with Crippen molar-refractivity contribution in [2.75, 3.05) is 0 Å². The monoisotopic (exact) mass is 288 g/mol. The molecule has 21 heavy (non-hydrogen) atoms. The van der Waals surface area contributed by atoms with Gasteiger partial charge in [0.2, 0.25) is 0 Å². The molecule has 106 valence electrons. The minimum atomic E-state index is -1.34. The predicted octanol–water partition coefficient (Wildman–Crippen LogP) is 3.22. The van der Waals surface area contributed by atoms with Crippen molar-refractivity contribution in [2.24, 2.45) is 7.05 Å². The SMILES string of the molecule is Cn1nc(-c2cccc(F)c2)c2cc(F)c(C(=O)O)cc21. The molecule has 4 nitrogen and oxygen atoms in total. The molecule has 0 unspecified atom stereocenters. The van der Waals surface area contributed by atoms with Gasteiger partial charge in [-0.3, -0.25) is 4.68 Å². The zero-order valence-electron chi connectivity index (χ0n) is 11.0. The molecule has 0 aliphatic carbocycles. The lowest BCUT2D eigenvalue weighted by molar-refractivity contribution is 0.0692. The molecule has 0 amide bonds. The van der Waals surface area contributed by atoms with E-state index in [0.29, 0.717) is 22.2 Å². The van der Waals surface area contributed by atoms with Crippen LogP contribution in [-0.2, 0) is 7.05 Å². The highest BCUT2D eigenvalue weighted by molar-refractivity contribution is 5.98. The number of aromatic nitrogens is 2. The third-order valence-corrected chi connectivity index (χ3v) is 3.27. The lowest BCUT2D eigenvalue weighted by Gasteiger charge is -2.01. The first-order chi connectivity index (χ1) is 9.97. The van der Waals surface area contributed by atoms with Gasteiger partial charge in [0.25, 0.3) is 0 Å². The second-order valence-corrected chi connectivity index (χ2v) is 4.64. The van der Waals surface area contributed by atoms with Gasteiger partial charge >= 0.3 is 5.97 Å². The van der Waals surface area contributed by atoms with Crippen LogP contribution in [0.5, 0.6) is 0 Å². The molecule has 0 spiro atoms. The molecule has 0 aliphatic rings. The van der Waals surface area contributed by atoms with Gasteiger partial charge in [-0.25, -0.2) is 13.6 Å². The van der Waals surface area contributed by atoms with E-state index in [4.69, 9.17) is 5.11 Å². The molecule has 0 aliphatic heterocycles. The van der Waals surface area contributed by atoms with E-state index in [0.717, 1.165) is 6.07 Å². The lowest BCUT2D eigenvalue weighted by Crippen LogP contribution is -2.01. The first kappa shape index (κ1) is 13.2. The Labute approximate surface area is 118 Å². The van der Waals surface area contributed by atoms with E-state index in [1.54, 1.807) is 13.1 Å². The maximum atomic E-state index is 13.9. The topological polar surface area (TPSA) is 55.1 Å². The summed E-state index contributed by atoms with van der Waals surface area (Å²) in [5.74, 6) is -2.61. The molecule has 0 fully saturated rings. The van der Waals surface area contributed by atoms with Gasteiger partial charge in [0.15, 0.2) is 0 Å². The Hall–Kier alpha value is -2.76. The van der Waals surface area contributed by atoms with E-state index in [1.165, 1.54) is 28.9 Å². The van der Waals surface area contributed by atoms with Crippen LogP contribution in [0, 0.1) is 11.6 Å². The Bertz CT molecular complexity index is 871. The van der Waals surface area contributed by atoms with Gasteiger partial charge in [-0.1, -0.05) is 12.1 Å². The number of hydrogen-bond acceptors (Lipinski definition) is 2. The summed E-state index contributed by atoms with van der Waals surface area (Å²) in [5, 5.41) is 13.6. The largest absolute Gasteiger partial charge is 0.478 e. The molecule has 0 saturated carbocycles. The summed E-state index contributed by atoms with van der Waals surface area (Å²) >= 11 is 0. The van der Waals surface area contributed by atoms with E-state index in [9.17, 15) is 13.6 Å². The molecule has 0 radical (unpaired) electrons. The zero-order valence-corrected chi connectivity index (χ0v) is 11.0. The van der Waals surface area contributed by atoms with Crippen molar-refractivity contribution in [1.82, 2.24) is 9.78 Å². The molecule has 2 aromatic carbocycles. The molecular weight excluding hydrogens is 278 g/mol. The van der Waals surface area contributed by atoms with Crippen LogP contribution in [-0.4, -0.2) is 20.9 Å². The van der Waals surface area contributed by atoms with Crippen LogP contribution in [0.3, 0.4) is 0 Å². The third kappa shape index (κ3) is 2.14. The third-order valence-electron chi connectivity index (χ3n) is 3.27. The summed E-state index contributed by atoms with van der Waals surface area (Å²) in [6, 6.07) is 8.14. The highest BCUT2D eigenvalue weighted by Gasteiger charge is 2.17. The average molecular weight is 288 g/mol. The fourth-order valence-electron chi connectivity index (χ4n) is 2.29. The standard InChI is InChI=1S/C15H10F2N2O2/c1-19-13-7-10(15(20)21)12(17)6-11(13)14(18-19)8-3-2-4-9(16)5-8/h2-7H,1H3,(H,20,21). The van der Waals surface area contributed by atoms with Gasteiger partial charge in [-0.05, 0) is 24.3 Å². The van der Waals surface area contributed by atoms with E-state index in [1.807, 2.05) is 0 Å². The summed E-state index contributed by atoms with van der Waals surface area (Å²) < 4.78 is 28.6. The van der Waals surface area contributed by atoms with Crippen molar-refractivity contribution in [3.8, 4) is 11.3 Å². The lowest BCUT2D eigenvalue weighted by atomic mass is 10.1. The van der Waals surface area contributed by atoms with Crippen molar-refractivity contribution in [3.63, 3.8) is 0 Å². The Morgan fingerprint density at radius 3 is 2.67 bits per heavy atom. The van der Waals surface area contributed by atoms with Gasteiger partial charge < -0.3 is 5.11 Å². The Morgan fingerprint density at radius 2 is 2.00 bits per heavy atom. The summed E-state index contributed by atoms with van der Waals surface area (Å²) in [6.07, 6.45) is 0. The Morgan fingerprint density at radius 1 is 1.24 bits per heavy atom. The van der Waals surface area contributed by atoms with Crippen molar-refractivity contribution in [2.45, 2.75) is 0 Å². The van der Waals surface area contributed by atoms with E-state index < -0.39 is 23.2 Å². The van der Waals surface area contributed by atoms with Crippen molar-refractivity contribution >= 4 is 16.9 Å². The Kier molecular flexibility index (Phi) is 2.94. The summed E-state index contributed by atoms with van der Waals surface area (Å²) in [5.41, 5.74) is 0.954. The highest BCUT2D eigenvalue weighted by Crippen LogP contribution is 2.29. The van der Waals surface area contributed by atoms with Gasteiger partial charge in [0.05, 0.1) is 11.1 Å². The second kappa shape index (κ2) is 4.66. The number of aryl methyl sites for hydroxylation is 1. The summed E-state index contributed by atoms with van der Waals surface area (Å²) in [4.78, 5) is 11.0. The van der Waals surface area contributed by atoms with Crippen LogP contribution in [0.2, 0.25) is 0 Å². The van der Waals surface area contributed by atoms with Crippen LogP contribution >= 0.6 is 0 Å². The first-order valence-electron chi connectivity index (χ1n) is 6.13. The van der Waals surface area contributed by atoms with Crippen LogP contribution in [0.4, 0.5) is 8.78 Å². The van der Waals surface area contributed by atoms with Crippen molar-refractivity contribution in [1.29, 1.82) is 0 Å². The highest BCUT2D eigenvalue weighted by atomic mass is 19.1. The fraction of sp³-hybridized carbons (Fsp3) is 0.0667. The number of hydrogen-bond donors (Lipinski definition) is 1. The molecule has 1 aromatic heterocycles. The van der Waals surface area contributed by atoms with Gasteiger partial charge in [-0.15, -0.1) is 0 Å². The number of aromatic carboxylic acids is 1. The number of nitrogens with zero attached hydrogens (tertiary/aromatic N) is 2. The summed E-state index contributed by atoms with van der Waals surface area (Å²) in [7, 11) is 1.62. The smallest absolute Gasteiger partial charge is 0.338 e. The molecule has 3 rings (SSSR count). The number of benzene rings is 2. The van der Waals surface area contributed by atoms with Crippen LogP contribution in [0.15, 0.2) is 36.4 Å². The van der Waals surface area contributed by atoms with Crippen LogP contribution < -0.4 is 0 Å². The predicted molar refractivity (Wildman–Crippen MR) is 73.0 cm³/mol. The van der Waals surface area contributed by atoms with Gasteiger partial charge in [0, 0.05) is 18.0 Å². The minimum Gasteiger partial charge on any atom is -0.478 e. The average Bonchev–Trinajstić information content (AvgIpc) is 2.74. The maximum Gasteiger partial charge on any atom is 0.338 e. The molecule has 0 atom stereocenters. The fourth-order valence-corrected chi connectivity index (χ4v) is 2.29. The van der Waals surface area contributed by atoms with Crippen molar-refractivity contribution in [3.05, 3.63) is 53.6 Å². The van der Waals surface area contributed by atoms with Crippen LogP contribution in [0.1, 0.15) is 10.4 Å². The normalized spacial score (nSPS) is 11.0. The summed E-state index contributed by atoms with van der Waals surface area (Å²) in [6.45, 7) is 0. The number of carbonyl (C=O) groups is 1.